The first-order chi connectivity index (χ1) is 14.0. The molecule has 1 aromatic heterocycles. The minimum atomic E-state index is -0.416. The third-order valence-electron chi connectivity index (χ3n) is 5.86. The van der Waals surface area contributed by atoms with Crippen LogP contribution in [0.25, 0.3) is 10.9 Å². The van der Waals surface area contributed by atoms with Crippen LogP contribution in [0.1, 0.15) is 17.7 Å². The summed E-state index contributed by atoms with van der Waals surface area (Å²) in [4.78, 5) is 32.6. The molecule has 2 aliphatic heterocycles. The van der Waals surface area contributed by atoms with Crippen LogP contribution < -0.4 is 9.64 Å². The lowest BCUT2D eigenvalue weighted by atomic mass is 10.0. The number of halogens is 1. The van der Waals surface area contributed by atoms with E-state index in [-0.39, 0.29) is 18.2 Å². The van der Waals surface area contributed by atoms with Gasteiger partial charge in [-0.3, -0.25) is 14.5 Å². The van der Waals surface area contributed by atoms with E-state index in [1.165, 1.54) is 15.8 Å². The number of nitrogens with zero attached hydrogens (tertiary/aromatic N) is 2. The lowest BCUT2D eigenvalue weighted by Crippen LogP contribution is -2.44. The van der Waals surface area contributed by atoms with Crippen molar-refractivity contribution in [3.05, 3.63) is 58.2 Å². The Morgan fingerprint density at radius 3 is 2.69 bits per heavy atom. The van der Waals surface area contributed by atoms with Crippen LogP contribution >= 0.6 is 15.9 Å². The fourth-order valence-corrected chi connectivity index (χ4v) is 4.66. The summed E-state index contributed by atoms with van der Waals surface area (Å²) in [6, 6.07) is 12.9. The zero-order valence-corrected chi connectivity index (χ0v) is 17.5. The number of hydrogen-bond acceptors (Lipinski definition) is 4. The van der Waals surface area contributed by atoms with Crippen LogP contribution in [-0.4, -0.2) is 41.4 Å². The van der Waals surface area contributed by atoms with Crippen molar-refractivity contribution in [1.29, 1.82) is 0 Å². The molecule has 2 aliphatic rings. The molecule has 1 N–H and O–H groups in total. The van der Waals surface area contributed by atoms with Crippen LogP contribution in [0.5, 0.6) is 5.75 Å². The first-order valence-electron chi connectivity index (χ1n) is 9.59. The first kappa shape index (κ1) is 18.4. The van der Waals surface area contributed by atoms with Gasteiger partial charge in [-0.15, -0.1) is 0 Å². The maximum atomic E-state index is 13.1. The molecule has 1 atom stereocenters. The van der Waals surface area contributed by atoms with E-state index >= 15 is 0 Å². The van der Waals surface area contributed by atoms with Gasteiger partial charge in [-0.05, 0) is 54.4 Å². The number of aromatic nitrogens is 1. The summed E-state index contributed by atoms with van der Waals surface area (Å²) >= 11 is 3.39. The minimum absolute atomic E-state index is 0.140. The van der Waals surface area contributed by atoms with Gasteiger partial charge in [0.1, 0.15) is 5.75 Å². The molecule has 0 unspecified atom stereocenters. The molecule has 2 amide bonds. The Morgan fingerprint density at radius 1 is 1.14 bits per heavy atom. The molecule has 1 saturated heterocycles. The molecular formula is C22H20BrN3O3. The van der Waals surface area contributed by atoms with Gasteiger partial charge in [-0.2, -0.15) is 0 Å². The molecule has 0 saturated carbocycles. The second-order valence-corrected chi connectivity index (χ2v) is 8.39. The fourth-order valence-electron chi connectivity index (χ4n) is 4.40. The van der Waals surface area contributed by atoms with Crippen LogP contribution in [0.4, 0.5) is 5.69 Å². The molecule has 2 aromatic carbocycles. The smallest absolute Gasteiger partial charge is 0.251 e. The average Bonchev–Trinajstić information content (AvgIpc) is 3.24. The quantitative estimate of drug-likeness (QED) is 0.614. The Morgan fingerprint density at radius 2 is 1.93 bits per heavy atom. The molecule has 29 heavy (non-hydrogen) atoms. The molecule has 148 valence electrons. The number of nitrogens with one attached hydrogen (secondary N) is 1. The lowest BCUT2D eigenvalue weighted by Gasteiger charge is -2.30. The van der Waals surface area contributed by atoms with E-state index in [0.717, 1.165) is 34.4 Å². The van der Waals surface area contributed by atoms with E-state index in [9.17, 15) is 9.59 Å². The molecule has 7 heteroatoms. The number of benzene rings is 2. The molecule has 0 spiro atoms. The van der Waals surface area contributed by atoms with Crippen molar-refractivity contribution in [3.63, 3.8) is 0 Å². The molecule has 5 rings (SSSR count). The number of ether oxygens (including phenoxy) is 1. The second kappa shape index (κ2) is 7.00. The molecular weight excluding hydrogens is 434 g/mol. The normalized spacial score (nSPS) is 19.8. The van der Waals surface area contributed by atoms with Gasteiger partial charge in [0, 0.05) is 34.2 Å². The summed E-state index contributed by atoms with van der Waals surface area (Å²) in [6.07, 6.45) is 1.05. The summed E-state index contributed by atoms with van der Waals surface area (Å²) in [5.41, 5.74) is 4.09. The van der Waals surface area contributed by atoms with Crippen LogP contribution in [-0.2, 0) is 22.6 Å². The zero-order chi connectivity index (χ0) is 20.1. The number of hydrogen-bond donors (Lipinski definition) is 1. The van der Waals surface area contributed by atoms with Crippen molar-refractivity contribution in [1.82, 2.24) is 9.88 Å². The Balaban J connectivity index is 1.41. The highest BCUT2D eigenvalue weighted by atomic mass is 79.9. The van der Waals surface area contributed by atoms with Gasteiger partial charge in [-0.25, -0.2) is 4.90 Å². The average molecular weight is 454 g/mol. The third-order valence-corrected chi connectivity index (χ3v) is 6.39. The van der Waals surface area contributed by atoms with E-state index in [2.05, 4.69) is 31.9 Å². The van der Waals surface area contributed by atoms with Crippen LogP contribution in [0.15, 0.2) is 46.9 Å². The largest absolute Gasteiger partial charge is 0.497 e. The summed E-state index contributed by atoms with van der Waals surface area (Å²) in [7, 11) is 1.67. The SMILES string of the molecule is COc1ccc2[nH]c3c(c2c1)CCN([C@H]1CC(=O)N(c2ccc(Br)cc2)C1=O)C3. The van der Waals surface area contributed by atoms with Crippen molar-refractivity contribution in [2.75, 3.05) is 18.6 Å². The van der Waals surface area contributed by atoms with Gasteiger partial charge in [0.25, 0.3) is 5.91 Å². The Bertz CT molecular complexity index is 1120. The Labute approximate surface area is 176 Å². The van der Waals surface area contributed by atoms with E-state index in [4.69, 9.17) is 4.74 Å². The highest BCUT2D eigenvalue weighted by Crippen LogP contribution is 2.33. The van der Waals surface area contributed by atoms with Gasteiger partial charge in [-0.1, -0.05) is 15.9 Å². The van der Waals surface area contributed by atoms with Gasteiger partial charge < -0.3 is 9.72 Å². The van der Waals surface area contributed by atoms with Crippen LogP contribution in [0.2, 0.25) is 0 Å². The lowest BCUT2D eigenvalue weighted by molar-refractivity contribution is -0.123. The maximum Gasteiger partial charge on any atom is 0.251 e. The summed E-state index contributed by atoms with van der Waals surface area (Å²) in [5.74, 6) is 0.552. The number of methoxy groups -OCH3 is 1. The number of fused-ring (bicyclic) bond motifs is 3. The number of aromatic amines is 1. The van der Waals surface area contributed by atoms with Crippen molar-refractivity contribution >= 4 is 44.3 Å². The Hall–Kier alpha value is -2.64. The van der Waals surface area contributed by atoms with Gasteiger partial charge in [0.15, 0.2) is 0 Å². The number of carbonyl (C=O) groups is 2. The van der Waals surface area contributed by atoms with Gasteiger partial charge in [0.2, 0.25) is 5.91 Å². The fraction of sp³-hybridized carbons (Fsp3) is 0.273. The molecule has 3 heterocycles. The highest BCUT2D eigenvalue weighted by molar-refractivity contribution is 9.10. The maximum absolute atomic E-state index is 13.1. The monoisotopic (exact) mass is 453 g/mol. The van der Waals surface area contributed by atoms with E-state index in [1.54, 1.807) is 19.2 Å². The van der Waals surface area contributed by atoms with Crippen molar-refractivity contribution < 1.29 is 14.3 Å². The third kappa shape index (κ3) is 3.05. The predicted octanol–water partition coefficient (Wildman–Crippen LogP) is 3.63. The van der Waals surface area contributed by atoms with Crippen LogP contribution in [0.3, 0.4) is 0 Å². The zero-order valence-electron chi connectivity index (χ0n) is 15.9. The minimum Gasteiger partial charge on any atom is -0.497 e. The number of amides is 2. The molecule has 0 bridgehead atoms. The molecule has 6 nitrogen and oxygen atoms in total. The number of anilines is 1. The Kier molecular flexibility index (Phi) is 4.44. The first-order valence-corrected chi connectivity index (χ1v) is 10.4. The van der Waals surface area contributed by atoms with Crippen molar-refractivity contribution in [2.45, 2.75) is 25.4 Å². The number of carbonyl (C=O) groups excluding carboxylic acids is 2. The molecule has 0 radical (unpaired) electrons. The topological polar surface area (TPSA) is 65.6 Å². The summed E-state index contributed by atoms with van der Waals surface area (Å²) < 4.78 is 6.27. The number of imide groups is 1. The molecule has 1 fully saturated rings. The van der Waals surface area contributed by atoms with E-state index in [0.29, 0.717) is 12.2 Å². The van der Waals surface area contributed by atoms with E-state index in [1.807, 2.05) is 24.3 Å². The summed E-state index contributed by atoms with van der Waals surface area (Å²) in [6.45, 7) is 1.37. The van der Waals surface area contributed by atoms with Gasteiger partial charge >= 0.3 is 0 Å². The number of rotatable bonds is 3. The number of H-pyrrole nitrogens is 1. The second-order valence-electron chi connectivity index (χ2n) is 7.48. The molecule has 3 aromatic rings. The molecule has 0 aliphatic carbocycles. The predicted molar refractivity (Wildman–Crippen MR) is 114 cm³/mol. The summed E-state index contributed by atoms with van der Waals surface area (Å²) in [5, 5.41) is 1.17. The van der Waals surface area contributed by atoms with Crippen molar-refractivity contribution in [2.24, 2.45) is 0 Å². The van der Waals surface area contributed by atoms with Gasteiger partial charge in [0.05, 0.1) is 25.3 Å². The van der Waals surface area contributed by atoms with Crippen LogP contribution in [0, 0.1) is 0 Å². The standard InChI is InChI=1S/C22H20BrN3O3/c1-29-15-6-7-18-17(10-15)16-8-9-25(12-19(16)24-18)20-11-21(27)26(22(20)28)14-4-2-13(23)3-5-14/h2-7,10,20,24H,8-9,11-12H2,1H3/t20-/m0/s1. The highest BCUT2D eigenvalue weighted by Gasteiger charge is 2.43. The van der Waals surface area contributed by atoms with Crippen molar-refractivity contribution in [3.8, 4) is 5.75 Å². The van der Waals surface area contributed by atoms with E-state index < -0.39 is 6.04 Å².